The molecule has 22 heavy (non-hydrogen) atoms. The van der Waals surface area contributed by atoms with Crippen LogP contribution in [0.2, 0.25) is 0 Å². The zero-order valence-corrected chi connectivity index (χ0v) is 12.6. The molecule has 1 heterocycles. The van der Waals surface area contributed by atoms with Crippen LogP contribution in [-0.4, -0.2) is 5.97 Å². The summed E-state index contributed by atoms with van der Waals surface area (Å²) < 4.78 is 5.86. The molecule has 3 aromatic rings. The second kappa shape index (κ2) is 4.44. The van der Waals surface area contributed by atoms with Gasteiger partial charge in [-0.2, -0.15) is 0 Å². The summed E-state index contributed by atoms with van der Waals surface area (Å²) in [5.74, 6) is -0.238. The van der Waals surface area contributed by atoms with Gasteiger partial charge in [-0.1, -0.05) is 60.7 Å². The minimum absolute atomic E-state index is 0.238. The maximum absolute atomic E-state index is 12.6. The highest BCUT2D eigenvalue weighted by Crippen LogP contribution is 2.44. The van der Waals surface area contributed by atoms with Crippen molar-refractivity contribution in [2.45, 2.75) is 19.4 Å². The van der Waals surface area contributed by atoms with Crippen molar-refractivity contribution in [2.75, 3.05) is 0 Å². The molecule has 0 spiro atoms. The lowest BCUT2D eigenvalue weighted by Crippen LogP contribution is -2.24. The van der Waals surface area contributed by atoms with E-state index in [2.05, 4.69) is 6.07 Å². The number of rotatable bonds is 1. The fourth-order valence-electron chi connectivity index (χ4n) is 3.49. The van der Waals surface area contributed by atoms with Gasteiger partial charge >= 0.3 is 5.97 Å². The quantitative estimate of drug-likeness (QED) is 0.612. The summed E-state index contributed by atoms with van der Waals surface area (Å²) in [4.78, 5) is 12.6. The van der Waals surface area contributed by atoms with E-state index in [1.807, 2.05) is 68.4 Å². The number of cyclic esters (lactones) is 1. The number of hydrogen-bond acceptors (Lipinski definition) is 2. The van der Waals surface area contributed by atoms with Crippen LogP contribution in [0.25, 0.3) is 10.8 Å². The van der Waals surface area contributed by atoms with Crippen LogP contribution in [0, 0.1) is 6.92 Å². The molecule has 0 fully saturated rings. The molecular formula is C20H16O2. The van der Waals surface area contributed by atoms with Crippen molar-refractivity contribution in [1.29, 1.82) is 0 Å². The van der Waals surface area contributed by atoms with Gasteiger partial charge < -0.3 is 4.74 Å². The molecule has 0 bridgehead atoms. The summed E-state index contributed by atoms with van der Waals surface area (Å²) in [6, 6.07) is 20.1. The van der Waals surface area contributed by atoms with Crippen molar-refractivity contribution < 1.29 is 9.53 Å². The first-order valence-electron chi connectivity index (χ1n) is 7.43. The van der Waals surface area contributed by atoms with Gasteiger partial charge in [0, 0.05) is 11.1 Å². The van der Waals surface area contributed by atoms with E-state index in [0.29, 0.717) is 5.56 Å². The van der Waals surface area contributed by atoms with Crippen LogP contribution in [0.15, 0.2) is 60.7 Å². The Kier molecular flexibility index (Phi) is 2.64. The standard InChI is InChI=1S/C20H16O2/c1-13-7-3-6-10-16(13)20(2)17-12-11-14-8-4-5-9-15(14)18(17)19(21)22-20/h3-12H,1-2H3. The zero-order valence-electron chi connectivity index (χ0n) is 12.6. The zero-order chi connectivity index (χ0) is 15.3. The number of hydrogen-bond donors (Lipinski definition) is 0. The lowest BCUT2D eigenvalue weighted by Gasteiger charge is -2.26. The molecule has 0 radical (unpaired) electrons. The van der Waals surface area contributed by atoms with Crippen LogP contribution in [0.3, 0.4) is 0 Å². The lowest BCUT2D eigenvalue weighted by atomic mass is 9.83. The van der Waals surface area contributed by atoms with Gasteiger partial charge in [0.25, 0.3) is 0 Å². The second-order valence-corrected chi connectivity index (χ2v) is 5.95. The maximum Gasteiger partial charge on any atom is 0.340 e. The normalized spacial score (nSPS) is 20.0. The number of aryl methyl sites for hydroxylation is 1. The molecule has 0 saturated heterocycles. The number of ether oxygens (including phenoxy) is 1. The van der Waals surface area contributed by atoms with Gasteiger partial charge in [0.2, 0.25) is 0 Å². The van der Waals surface area contributed by atoms with E-state index in [4.69, 9.17) is 4.74 Å². The highest BCUT2D eigenvalue weighted by Gasteiger charge is 2.44. The number of carbonyl (C=O) groups is 1. The molecule has 0 amide bonds. The number of esters is 1. The Bertz CT molecular complexity index is 910. The van der Waals surface area contributed by atoms with Gasteiger partial charge in [0.1, 0.15) is 0 Å². The minimum Gasteiger partial charge on any atom is -0.446 e. The SMILES string of the molecule is Cc1ccccc1C1(C)OC(=O)c2c1ccc1ccccc21. The van der Waals surface area contributed by atoms with Crippen molar-refractivity contribution in [2.24, 2.45) is 0 Å². The number of benzene rings is 3. The predicted molar refractivity (Wildman–Crippen MR) is 87.0 cm³/mol. The molecule has 3 aromatic carbocycles. The molecule has 1 atom stereocenters. The van der Waals surface area contributed by atoms with E-state index >= 15 is 0 Å². The summed E-state index contributed by atoms with van der Waals surface area (Å²) in [5.41, 5.74) is 3.09. The average Bonchev–Trinajstić information content (AvgIpc) is 2.80. The molecule has 108 valence electrons. The van der Waals surface area contributed by atoms with E-state index in [0.717, 1.165) is 27.5 Å². The Morgan fingerprint density at radius 3 is 2.41 bits per heavy atom. The summed E-state index contributed by atoms with van der Waals surface area (Å²) >= 11 is 0. The van der Waals surface area contributed by atoms with E-state index < -0.39 is 5.60 Å². The van der Waals surface area contributed by atoms with Crippen molar-refractivity contribution in [3.05, 3.63) is 82.9 Å². The van der Waals surface area contributed by atoms with Gasteiger partial charge in [-0.3, -0.25) is 0 Å². The average molecular weight is 288 g/mol. The molecule has 1 aliphatic heterocycles. The molecule has 1 aliphatic rings. The topological polar surface area (TPSA) is 26.3 Å². The largest absolute Gasteiger partial charge is 0.446 e. The van der Waals surface area contributed by atoms with E-state index in [9.17, 15) is 4.79 Å². The van der Waals surface area contributed by atoms with Crippen molar-refractivity contribution in [3.63, 3.8) is 0 Å². The Balaban J connectivity index is 2.04. The first-order chi connectivity index (χ1) is 10.6. The highest BCUT2D eigenvalue weighted by atomic mass is 16.6. The molecule has 0 aromatic heterocycles. The van der Waals surface area contributed by atoms with Gasteiger partial charge in [-0.25, -0.2) is 4.79 Å². The van der Waals surface area contributed by atoms with Crippen molar-refractivity contribution >= 4 is 16.7 Å². The first kappa shape index (κ1) is 13.1. The van der Waals surface area contributed by atoms with Crippen LogP contribution in [-0.2, 0) is 10.3 Å². The number of fused-ring (bicyclic) bond motifs is 3. The smallest absolute Gasteiger partial charge is 0.340 e. The van der Waals surface area contributed by atoms with E-state index in [1.165, 1.54) is 0 Å². The van der Waals surface area contributed by atoms with Crippen LogP contribution in [0.1, 0.15) is 34.0 Å². The molecule has 4 rings (SSSR count). The van der Waals surface area contributed by atoms with Gasteiger partial charge in [-0.15, -0.1) is 0 Å². The molecule has 1 unspecified atom stereocenters. The Morgan fingerprint density at radius 1 is 0.864 bits per heavy atom. The summed E-state index contributed by atoms with van der Waals surface area (Å²) in [7, 11) is 0. The van der Waals surface area contributed by atoms with E-state index in [1.54, 1.807) is 0 Å². The third-order valence-electron chi connectivity index (χ3n) is 4.60. The second-order valence-electron chi connectivity index (χ2n) is 5.95. The summed E-state index contributed by atoms with van der Waals surface area (Å²) in [6.07, 6.45) is 0. The van der Waals surface area contributed by atoms with Crippen LogP contribution >= 0.6 is 0 Å². The van der Waals surface area contributed by atoms with Crippen LogP contribution in [0.4, 0.5) is 0 Å². The molecular weight excluding hydrogens is 272 g/mol. The Hall–Kier alpha value is -2.61. The van der Waals surface area contributed by atoms with Gasteiger partial charge in [0.05, 0.1) is 5.56 Å². The van der Waals surface area contributed by atoms with Crippen LogP contribution in [0.5, 0.6) is 0 Å². The fourth-order valence-corrected chi connectivity index (χ4v) is 3.49. The summed E-state index contributed by atoms with van der Waals surface area (Å²) in [5, 5.41) is 2.02. The molecule has 2 nitrogen and oxygen atoms in total. The third-order valence-corrected chi connectivity index (χ3v) is 4.60. The molecule has 2 heteroatoms. The minimum atomic E-state index is -0.720. The highest BCUT2D eigenvalue weighted by molar-refractivity contribution is 6.08. The lowest BCUT2D eigenvalue weighted by molar-refractivity contribution is 0.0179. The van der Waals surface area contributed by atoms with Crippen LogP contribution < -0.4 is 0 Å². The first-order valence-corrected chi connectivity index (χ1v) is 7.43. The molecule has 0 aliphatic carbocycles. The predicted octanol–water partition coefficient (Wildman–Crippen LogP) is 4.58. The van der Waals surface area contributed by atoms with Crippen molar-refractivity contribution in [1.82, 2.24) is 0 Å². The maximum atomic E-state index is 12.6. The molecule has 0 saturated carbocycles. The number of carbonyl (C=O) groups excluding carboxylic acids is 1. The van der Waals surface area contributed by atoms with E-state index in [-0.39, 0.29) is 5.97 Å². The summed E-state index contributed by atoms with van der Waals surface area (Å²) in [6.45, 7) is 4.03. The molecule has 0 N–H and O–H groups in total. The fraction of sp³-hybridized carbons (Fsp3) is 0.150. The van der Waals surface area contributed by atoms with Gasteiger partial charge in [-0.05, 0) is 30.2 Å². The monoisotopic (exact) mass is 288 g/mol. The third kappa shape index (κ3) is 1.64. The van der Waals surface area contributed by atoms with Crippen molar-refractivity contribution in [3.8, 4) is 0 Å². The Labute approximate surface area is 129 Å². The Morgan fingerprint density at radius 2 is 1.59 bits per heavy atom. The van der Waals surface area contributed by atoms with Gasteiger partial charge in [0.15, 0.2) is 5.60 Å².